The highest BCUT2D eigenvalue weighted by molar-refractivity contribution is 6.31. The lowest BCUT2D eigenvalue weighted by atomic mass is 10.1. The van der Waals surface area contributed by atoms with Gasteiger partial charge in [-0.15, -0.1) is 0 Å². The number of benzene rings is 2. The molecule has 0 bridgehead atoms. The number of methoxy groups -OCH3 is 1. The Morgan fingerprint density at radius 1 is 1.17 bits per heavy atom. The van der Waals surface area contributed by atoms with Crippen LogP contribution in [0.3, 0.4) is 0 Å². The highest BCUT2D eigenvalue weighted by Gasteiger charge is 2.03. The molecule has 0 amide bonds. The Labute approximate surface area is 146 Å². The number of rotatable bonds is 5. The Bertz CT molecular complexity index is 875. The molecule has 0 saturated carbocycles. The number of hydrogen-bond donors (Lipinski definition) is 1. The summed E-state index contributed by atoms with van der Waals surface area (Å²) in [6.45, 7) is 2.00. The molecular formula is C19H18ClN3O. The molecule has 0 aliphatic carbocycles. The van der Waals surface area contributed by atoms with Gasteiger partial charge in [-0.05, 0) is 48.9 Å². The van der Waals surface area contributed by atoms with E-state index in [1.54, 1.807) is 13.3 Å². The second-order valence-electron chi connectivity index (χ2n) is 5.50. The molecule has 1 N–H and O–H groups in total. The van der Waals surface area contributed by atoms with Crippen LogP contribution in [0.4, 0.5) is 5.69 Å². The second-order valence-corrected chi connectivity index (χ2v) is 5.94. The van der Waals surface area contributed by atoms with Gasteiger partial charge in [0.05, 0.1) is 18.3 Å². The Morgan fingerprint density at radius 2 is 1.96 bits per heavy atom. The maximum absolute atomic E-state index is 6.01. The van der Waals surface area contributed by atoms with E-state index in [0.29, 0.717) is 5.02 Å². The number of nitrogens with one attached hydrogen (secondary N) is 1. The average molecular weight is 340 g/mol. The minimum atomic E-state index is 0.673. The maximum atomic E-state index is 6.01. The van der Waals surface area contributed by atoms with Crippen LogP contribution in [0.15, 0.2) is 59.8 Å². The predicted molar refractivity (Wildman–Crippen MR) is 100 cm³/mol. The first-order valence-corrected chi connectivity index (χ1v) is 8.00. The fraction of sp³-hybridized carbons (Fsp3) is 0.158. The lowest BCUT2D eigenvalue weighted by Gasteiger charge is -2.07. The molecule has 3 aromatic rings. The van der Waals surface area contributed by atoms with Crippen molar-refractivity contribution in [3.63, 3.8) is 0 Å². The van der Waals surface area contributed by atoms with Crippen molar-refractivity contribution >= 4 is 33.9 Å². The van der Waals surface area contributed by atoms with Crippen LogP contribution in [0.25, 0.3) is 10.9 Å². The largest absolute Gasteiger partial charge is 0.497 e. The van der Waals surface area contributed by atoms with Gasteiger partial charge in [0.25, 0.3) is 0 Å². The fourth-order valence-corrected chi connectivity index (χ4v) is 2.62. The summed E-state index contributed by atoms with van der Waals surface area (Å²) < 4.78 is 5.17. The van der Waals surface area contributed by atoms with Crippen LogP contribution in [-0.2, 0) is 6.42 Å². The Hall–Kier alpha value is -2.59. The van der Waals surface area contributed by atoms with Crippen molar-refractivity contribution in [2.24, 2.45) is 5.10 Å². The third kappa shape index (κ3) is 3.84. The predicted octanol–water partition coefficient (Wildman–Crippen LogP) is 4.93. The van der Waals surface area contributed by atoms with Crippen LogP contribution in [0.5, 0.6) is 5.75 Å². The second kappa shape index (κ2) is 7.32. The molecule has 0 spiro atoms. The van der Waals surface area contributed by atoms with Crippen molar-refractivity contribution in [1.82, 2.24) is 4.98 Å². The van der Waals surface area contributed by atoms with E-state index in [4.69, 9.17) is 16.3 Å². The molecule has 1 heterocycles. The molecule has 0 fully saturated rings. The molecule has 4 nitrogen and oxygen atoms in total. The Balaban J connectivity index is 1.74. The van der Waals surface area contributed by atoms with Crippen molar-refractivity contribution in [1.29, 1.82) is 0 Å². The number of anilines is 1. The number of halogens is 1. The van der Waals surface area contributed by atoms with Gasteiger partial charge in [-0.3, -0.25) is 10.4 Å². The molecule has 3 rings (SSSR count). The van der Waals surface area contributed by atoms with E-state index < -0.39 is 0 Å². The quantitative estimate of drug-likeness (QED) is 0.529. The number of fused-ring (bicyclic) bond motifs is 1. The van der Waals surface area contributed by atoms with Gasteiger partial charge in [-0.25, -0.2) is 0 Å². The minimum Gasteiger partial charge on any atom is -0.497 e. The molecule has 122 valence electrons. The molecule has 1 aromatic heterocycles. The number of pyridine rings is 1. The zero-order valence-electron chi connectivity index (χ0n) is 13.6. The monoisotopic (exact) mass is 339 g/mol. The first-order valence-electron chi connectivity index (χ1n) is 7.62. The normalized spacial score (nSPS) is 11.5. The summed E-state index contributed by atoms with van der Waals surface area (Å²) in [5, 5.41) is 6.14. The summed E-state index contributed by atoms with van der Waals surface area (Å²) in [4.78, 5) is 4.33. The Morgan fingerprint density at radius 3 is 2.71 bits per heavy atom. The summed E-state index contributed by atoms with van der Waals surface area (Å²) in [6, 6.07) is 15.5. The van der Waals surface area contributed by atoms with Gasteiger partial charge < -0.3 is 4.74 Å². The van der Waals surface area contributed by atoms with Gasteiger partial charge in [-0.2, -0.15) is 5.10 Å². The third-order valence-electron chi connectivity index (χ3n) is 3.69. The van der Waals surface area contributed by atoms with Crippen molar-refractivity contribution in [3.8, 4) is 5.75 Å². The first-order chi connectivity index (χ1) is 11.7. The van der Waals surface area contributed by atoms with Crippen LogP contribution >= 0.6 is 11.6 Å². The highest BCUT2D eigenvalue weighted by atomic mass is 35.5. The average Bonchev–Trinajstić information content (AvgIpc) is 2.60. The van der Waals surface area contributed by atoms with Crippen LogP contribution in [0, 0.1) is 0 Å². The van der Waals surface area contributed by atoms with E-state index in [0.717, 1.165) is 34.5 Å². The van der Waals surface area contributed by atoms with E-state index >= 15 is 0 Å². The first kappa shape index (κ1) is 16.3. The molecule has 5 heteroatoms. The number of nitrogens with zero attached hydrogens (tertiary/aromatic N) is 2. The smallest absolute Gasteiger partial charge is 0.118 e. The lowest BCUT2D eigenvalue weighted by molar-refractivity contribution is 0.414. The van der Waals surface area contributed by atoms with E-state index in [9.17, 15) is 0 Å². The highest BCUT2D eigenvalue weighted by Crippen LogP contribution is 2.24. The summed E-state index contributed by atoms with van der Waals surface area (Å²) in [5.41, 5.74) is 7.05. The number of ether oxygens (including phenoxy) is 1. The molecular weight excluding hydrogens is 322 g/mol. The number of hydrogen-bond acceptors (Lipinski definition) is 4. The van der Waals surface area contributed by atoms with Gasteiger partial charge in [-0.1, -0.05) is 23.7 Å². The van der Waals surface area contributed by atoms with E-state index in [-0.39, 0.29) is 0 Å². The van der Waals surface area contributed by atoms with Gasteiger partial charge in [0, 0.05) is 28.7 Å². The zero-order valence-corrected chi connectivity index (χ0v) is 14.3. The summed E-state index contributed by atoms with van der Waals surface area (Å²) in [6.07, 6.45) is 2.52. The van der Waals surface area contributed by atoms with Crippen molar-refractivity contribution in [2.75, 3.05) is 12.5 Å². The molecule has 0 radical (unpaired) electrons. The molecule has 2 aromatic carbocycles. The molecule has 0 atom stereocenters. The Kier molecular flexibility index (Phi) is 4.96. The SMILES string of the molecule is COc1ccc(CC(C)=NNc2ccnc3cc(Cl)ccc23)cc1. The van der Waals surface area contributed by atoms with Gasteiger partial charge >= 0.3 is 0 Å². The van der Waals surface area contributed by atoms with Crippen LogP contribution < -0.4 is 10.2 Å². The van der Waals surface area contributed by atoms with Crippen LogP contribution in [0.1, 0.15) is 12.5 Å². The molecule has 0 aliphatic heterocycles. The van der Waals surface area contributed by atoms with E-state index in [2.05, 4.69) is 15.5 Å². The zero-order chi connectivity index (χ0) is 16.9. The van der Waals surface area contributed by atoms with Crippen molar-refractivity contribution in [2.45, 2.75) is 13.3 Å². The topological polar surface area (TPSA) is 46.5 Å². The molecule has 0 saturated heterocycles. The van der Waals surface area contributed by atoms with E-state index in [1.807, 2.05) is 55.5 Å². The standard InChI is InChI=1S/C19H18ClN3O/c1-13(11-14-3-6-16(24-2)7-4-14)22-23-18-9-10-21-19-12-15(20)5-8-17(18)19/h3-10,12H,11H2,1-2H3,(H,21,23). The molecule has 0 aliphatic rings. The summed E-state index contributed by atoms with van der Waals surface area (Å²) in [5.74, 6) is 0.855. The lowest BCUT2D eigenvalue weighted by Crippen LogP contribution is -2.02. The van der Waals surface area contributed by atoms with Crippen molar-refractivity contribution < 1.29 is 4.74 Å². The summed E-state index contributed by atoms with van der Waals surface area (Å²) in [7, 11) is 1.66. The van der Waals surface area contributed by atoms with Crippen LogP contribution in [-0.4, -0.2) is 17.8 Å². The summed E-state index contributed by atoms with van der Waals surface area (Å²) >= 11 is 6.01. The molecule has 24 heavy (non-hydrogen) atoms. The van der Waals surface area contributed by atoms with E-state index in [1.165, 1.54) is 5.56 Å². The van der Waals surface area contributed by atoms with Crippen LogP contribution in [0.2, 0.25) is 5.02 Å². The van der Waals surface area contributed by atoms with Crippen molar-refractivity contribution in [3.05, 3.63) is 65.3 Å². The number of aromatic nitrogens is 1. The van der Waals surface area contributed by atoms with Gasteiger partial charge in [0.15, 0.2) is 0 Å². The van der Waals surface area contributed by atoms with Gasteiger partial charge in [0.2, 0.25) is 0 Å². The minimum absolute atomic E-state index is 0.673. The molecule has 0 unspecified atom stereocenters. The van der Waals surface area contributed by atoms with Gasteiger partial charge in [0.1, 0.15) is 5.75 Å². The fourth-order valence-electron chi connectivity index (χ4n) is 2.45. The maximum Gasteiger partial charge on any atom is 0.118 e. The number of hydrazone groups is 1. The third-order valence-corrected chi connectivity index (χ3v) is 3.93.